The standard InChI is InChI=1S/C13H9IN2O4/c14-9-2-1-7(5-11(9)17)12(18)16-10-6-15-4-3-8(10)13(19)20/h1-6,17H,(H,16,18)(H,19,20). The zero-order chi connectivity index (χ0) is 14.7. The van der Waals surface area contributed by atoms with Crippen molar-refractivity contribution in [3.8, 4) is 5.75 Å². The Morgan fingerprint density at radius 2 is 2.00 bits per heavy atom. The molecule has 3 N–H and O–H groups in total. The molecule has 0 aliphatic heterocycles. The second-order valence-corrected chi connectivity index (χ2v) is 5.01. The first-order valence-corrected chi connectivity index (χ1v) is 6.54. The third-order valence-corrected chi connectivity index (χ3v) is 3.42. The predicted octanol–water partition coefficient (Wildman–Crippen LogP) is 2.34. The van der Waals surface area contributed by atoms with Gasteiger partial charge in [-0.05, 0) is 46.9 Å². The van der Waals surface area contributed by atoms with E-state index in [1.54, 1.807) is 6.07 Å². The van der Waals surface area contributed by atoms with Gasteiger partial charge in [-0.2, -0.15) is 0 Å². The van der Waals surface area contributed by atoms with Crippen molar-refractivity contribution >= 4 is 40.2 Å². The molecule has 1 aromatic heterocycles. The molecule has 102 valence electrons. The molecule has 0 saturated heterocycles. The number of rotatable bonds is 3. The molecule has 0 atom stereocenters. The fourth-order valence-electron chi connectivity index (χ4n) is 1.53. The zero-order valence-corrected chi connectivity index (χ0v) is 12.2. The molecule has 0 bridgehead atoms. The van der Waals surface area contributed by atoms with Crippen molar-refractivity contribution in [2.45, 2.75) is 0 Å². The van der Waals surface area contributed by atoms with Gasteiger partial charge < -0.3 is 15.5 Å². The maximum Gasteiger partial charge on any atom is 0.337 e. The van der Waals surface area contributed by atoms with Crippen molar-refractivity contribution in [3.05, 3.63) is 51.4 Å². The molecular formula is C13H9IN2O4. The summed E-state index contributed by atoms with van der Waals surface area (Å²) >= 11 is 1.93. The normalized spacial score (nSPS) is 10.1. The number of nitrogens with one attached hydrogen (secondary N) is 1. The van der Waals surface area contributed by atoms with Crippen LogP contribution in [-0.2, 0) is 0 Å². The van der Waals surface area contributed by atoms with Crippen LogP contribution in [0.25, 0.3) is 0 Å². The molecule has 1 amide bonds. The van der Waals surface area contributed by atoms with Gasteiger partial charge in [0.1, 0.15) is 5.75 Å². The van der Waals surface area contributed by atoms with Crippen LogP contribution in [-0.4, -0.2) is 27.1 Å². The van der Waals surface area contributed by atoms with Crippen molar-refractivity contribution in [2.24, 2.45) is 0 Å². The van der Waals surface area contributed by atoms with Gasteiger partial charge in [-0.15, -0.1) is 0 Å². The van der Waals surface area contributed by atoms with E-state index < -0.39 is 11.9 Å². The second-order valence-electron chi connectivity index (χ2n) is 3.85. The first-order chi connectivity index (χ1) is 9.49. The van der Waals surface area contributed by atoms with E-state index in [0.717, 1.165) is 0 Å². The molecule has 7 heteroatoms. The Bertz CT molecular complexity index is 688. The largest absolute Gasteiger partial charge is 0.507 e. The maximum atomic E-state index is 12.0. The average molecular weight is 384 g/mol. The summed E-state index contributed by atoms with van der Waals surface area (Å²) in [6.45, 7) is 0. The van der Waals surface area contributed by atoms with Crippen LogP contribution in [0.5, 0.6) is 5.75 Å². The number of carboxylic acid groups (broad SMARTS) is 1. The smallest absolute Gasteiger partial charge is 0.337 e. The van der Waals surface area contributed by atoms with Crippen LogP contribution < -0.4 is 5.32 Å². The van der Waals surface area contributed by atoms with Gasteiger partial charge in [0.25, 0.3) is 5.91 Å². The molecule has 2 aromatic rings. The number of carbonyl (C=O) groups is 2. The molecule has 0 radical (unpaired) electrons. The van der Waals surface area contributed by atoms with Gasteiger partial charge in [-0.25, -0.2) is 4.79 Å². The number of carboxylic acids is 1. The van der Waals surface area contributed by atoms with Crippen LogP contribution in [0.4, 0.5) is 5.69 Å². The molecule has 6 nitrogen and oxygen atoms in total. The van der Waals surface area contributed by atoms with Gasteiger partial charge in [0.05, 0.1) is 21.0 Å². The molecule has 0 aliphatic rings. The molecular weight excluding hydrogens is 375 g/mol. The number of aromatic carboxylic acids is 1. The van der Waals surface area contributed by atoms with Crippen LogP contribution in [0.3, 0.4) is 0 Å². The van der Waals surface area contributed by atoms with Gasteiger partial charge in [-0.3, -0.25) is 9.78 Å². The number of carbonyl (C=O) groups excluding carboxylic acids is 1. The highest BCUT2D eigenvalue weighted by Gasteiger charge is 2.14. The highest BCUT2D eigenvalue weighted by molar-refractivity contribution is 14.1. The number of aromatic nitrogens is 1. The fourth-order valence-corrected chi connectivity index (χ4v) is 1.86. The van der Waals surface area contributed by atoms with E-state index in [2.05, 4.69) is 10.3 Å². The lowest BCUT2D eigenvalue weighted by atomic mass is 10.2. The van der Waals surface area contributed by atoms with E-state index in [9.17, 15) is 14.7 Å². The monoisotopic (exact) mass is 384 g/mol. The molecule has 1 aromatic carbocycles. The number of hydrogen-bond donors (Lipinski definition) is 3. The van der Waals surface area contributed by atoms with Crippen molar-refractivity contribution in [3.63, 3.8) is 0 Å². The second kappa shape index (κ2) is 5.87. The molecule has 0 saturated carbocycles. The number of phenols is 1. The minimum absolute atomic E-state index is 0.0112. The Kier molecular flexibility index (Phi) is 4.18. The summed E-state index contributed by atoms with van der Waals surface area (Å²) in [7, 11) is 0. The van der Waals surface area contributed by atoms with Crippen LogP contribution in [0.2, 0.25) is 0 Å². The Morgan fingerprint density at radius 1 is 1.25 bits per heavy atom. The molecule has 0 aliphatic carbocycles. The number of benzene rings is 1. The molecule has 1 heterocycles. The summed E-state index contributed by atoms with van der Waals surface area (Å²) in [6, 6.07) is 5.73. The topological polar surface area (TPSA) is 99.5 Å². The summed E-state index contributed by atoms with van der Waals surface area (Å²) in [5, 5.41) is 21.0. The molecule has 0 unspecified atom stereocenters. The summed E-state index contributed by atoms with van der Waals surface area (Å²) < 4.78 is 0.617. The summed E-state index contributed by atoms with van der Waals surface area (Å²) in [4.78, 5) is 26.8. The SMILES string of the molecule is O=C(Nc1cnccc1C(=O)O)c1ccc(I)c(O)c1. The molecule has 0 spiro atoms. The van der Waals surface area contributed by atoms with Crippen LogP contribution in [0.1, 0.15) is 20.7 Å². The van der Waals surface area contributed by atoms with E-state index in [1.807, 2.05) is 22.6 Å². The van der Waals surface area contributed by atoms with Crippen LogP contribution >= 0.6 is 22.6 Å². The lowest BCUT2D eigenvalue weighted by molar-refractivity contribution is 0.0698. The average Bonchev–Trinajstić information content (AvgIpc) is 2.42. The first-order valence-electron chi connectivity index (χ1n) is 5.46. The van der Waals surface area contributed by atoms with Gasteiger partial charge in [-0.1, -0.05) is 0 Å². The van der Waals surface area contributed by atoms with Crippen molar-refractivity contribution in [2.75, 3.05) is 5.32 Å². The van der Waals surface area contributed by atoms with Gasteiger partial charge in [0.15, 0.2) is 0 Å². The van der Waals surface area contributed by atoms with Gasteiger partial charge >= 0.3 is 5.97 Å². The van der Waals surface area contributed by atoms with Crippen molar-refractivity contribution in [1.29, 1.82) is 0 Å². The Labute approximate surface area is 127 Å². The van der Waals surface area contributed by atoms with Crippen LogP contribution in [0.15, 0.2) is 36.7 Å². The summed E-state index contributed by atoms with van der Waals surface area (Å²) in [5.41, 5.74) is 0.272. The van der Waals surface area contributed by atoms with E-state index in [1.165, 1.54) is 30.6 Å². The Hall–Kier alpha value is -2.16. The van der Waals surface area contributed by atoms with E-state index in [0.29, 0.717) is 3.57 Å². The highest BCUT2D eigenvalue weighted by Crippen LogP contribution is 2.21. The molecule has 2 rings (SSSR count). The lowest BCUT2D eigenvalue weighted by Crippen LogP contribution is -2.15. The highest BCUT2D eigenvalue weighted by atomic mass is 127. The third kappa shape index (κ3) is 3.05. The van der Waals surface area contributed by atoms with E-state index >= 15 is 0 Å². The van der Waals surface area contributed by atoms with Crippen molar-refractivity contribution in [1.82, 2.24) is 4.98 Å². The lowest BCUT2D eigenvalue weighted by Gasteiger charge is -2.08. The number of anilines is 1. The number of aromatic hydroxyl groups is 1. The Balaban J connectivity index is 2.28. The third-order valence-electron chi connectivity index (χ3n) is 2.51. The fraction of sp³-hybridized carbons (Fsp3) is 0. The number of pyridine rings is 1. The van der Waals surface area contributed by atoms with Crippen molar-refractivity contribution < 1.29 is 19.8 Å². The molecule has 20 heavy (non-hydrogen) atoms. The Morgan fingerprint density at radius 3 is 2.65 bits per heavy atom. The quantitative estimate of drug-likeness (QED) is 0.706. The number of hydrogen-bond acceptors (Lipinski definition) is 4. The summed E-state index contributed by atoms with van der Waals surface area (Å²) in [6.07, 6.45) is 2.59. The predicted molar refractivity (Wildman–Crippen MR) is 80.0 cm³/mol. The van der Waals surface area contributed by atoms with E-state index in [4.69, 9.17) is 5.11 Å². The number of amides is 1. The summed E-state index contributed by atoms with van der Waals surface area (Å²) in [5.74, 6) is -1.69. The number of halogens is 1. The zero-order valence-electron chi connectivity index (χ0n) is 10.0. The number of phenolic OH excluding ortho intramolecular Hbond substituents is 1. The maximum absolute atomic E-state index is 12.0. The van der Waals surface area contributed by atoms with E-state index in [-0.39, 0.29) is 22.6 Å². The van der Waals surface area contributed by atoms with Gasteiger partial charge in [0, 0.05) is 11.8 Å². The van der Waals surface area contributed by atoms with Crippen LogP contribution in [0, 0.1) is 3.57 Å². The molecule has 0 fully saturated rings. The number of nitrogens with zero attached hydrogens (tertiary/aromatic N) is 1. The minimum atomic E-state index is -1.16. The van der Waals surface area contributed by atoms with Gasteiger partial charge in [0.2, 0.25) is 0 Å². The minimum Gasteiger partial charge on any atom is -0.507 e. The first kappa shape index (κ1) is 14.3.